The Labute approximate surface area is 338 Å². The standard InChI is InChI=1S/C50H42N4O2S/c1-52(2)42-24-16-37(17-25-42)47(38-18-26-43(27-19-38)53(3)4)33-36-10-14-39(15-11-36)48-30-31-49(57-48)40-20-28-46(29-21-40)54(44-8-6-5-7-9-44)45-22-12-35(13-23-45)32-41(34-51)50(55)56/h5-33H,1-4H3,(H,55,56)/b41-32-. The van der Waals surface area contributed by atoms with Gasteiger partial charge in [0.25, 0.3) is 0 Å². The molecular formula is C50H42N4O2S. The molecule has 1 aromatic heterocycles. The van der Waals surface area contributed by atoms with Crippen LogP contribution in [-0.4, -0.2) is 39.3 Å². The zero-order valence-corrected chi connectivity index (χ0v) is 33.1. The smallest absolute Gasteiger partial charge is 0.346 e. The van der Waals surface area contributed by atoms with Crippen molar-refractivity contribution < 1.29 is 9.90 Å². The number of anilines is 5. The van der Waals surface area contributed by atoms with Crippen molar-refractivity contribution in [1.29, 1.82) is 5.26 Å². The number of nitriles is 1. The third-order valence-electron chi connectivity index (χ3n) is 9.74. The van der Waals surface area contributed by atoms with Crippen LogP contribution in [0.4, 0.5) is 28.4 Å². The predicted octanol–water partition coefficient (Wildman–Crippen LogP) is 12.3. The number of rotatable bonds is 12. The average molecular weight is 763 g/mol. The fourth-order valence-electron chi connectivity index (χ4n) is 6.60. The minimum Gasteiger partial charge on any atom is -0.477 e. The fraction of sp³-hybridized carbons (Fsp3) is 0.0800. The molecule has 6 aromatic carbocycles. The molecule has 7 heteroatoms. The first-order chi connectivity index (χ1) is 27.7. The van der Waals surface area contributed by atoms with Gasteiger partial charge in [0.05, 0.1) is 0 Å². The highest BCUT2D eigenvalue weighted by molar-refractivity contribution is 7.18. The molecule has 7 aromatic rings. The quantitative estimate of drug-likeness (QED) is 0.0759. The Morgan fingerprint density at radius 2 is 0.930 bits per heavy atom. The molecule has 0 radical (unpaired) electrons. The molecule has 280 valence electrons. The summed E-state index contributed by atoms with van der Waals surface area (Å²) >= 11 is 1.77. The van der Waals surface area contributed by atoms with Crippen molar-refractivity contribution in [3.05, 3.63) is 192 Å². The number of hydrogen-bond donors (Lipinski definition) is 1. The van der Waals surface area contributed by atoms with Crippen molar-refractivity contribution in [2.24, 2.45) is 0 Å². The summed E-state index contributed by atoms with van der Waals surface area (Å²) in [4.78, 5) is 20.1. The van der Waals surface area contributed by atoms with Crippen molar-refractivity contribution in [3.63, 3.8) is 0 Å². The SMILES string of the molecule is CN(C)c1ccc(C(=Cc2ccc(-c3ccc(-c4ccc(N(c5ccccc5)c5ccc(/C=C(/C#N)C(=O)O)cc5)cc4)s3)cc2)c2ccc(N(C)C)cc2)cc1. The van der Waals surface area contributed by atoms with Gasteiger partial charge in [0.1, 0.15) is 11.6 Å². The highest BCUT2D eigenvalue weighted by Crippen LogP contribution is 2.39. The van der Waals surface area contributed by atoms with Gasteiger partial charge in [0.2, 0.25) is 0 Å². The largest absolute Gasteiger partial charge is 0.477 e. The van der Waals surface area contributed by atoms with Crippen LogP contribution in [-0.2, 0) is 4.79 Å². The molecule has 0 spiro atoms. The number of benzene rings is 6. The molecule has 0 amide bonds. The number of nitrogens with zero attached hydrogens (tertiary/aromatic N) is 4. The van der Waals surface area contributed by atoms with Crippen LogP contribution in [0, 0.1) is 11.3 Å². The van der Waals surface area contributed by atoms with Gasteiger partial charge in [-0.05, 0) is 124 Å². The fourth-order valence-corrected chi connectivity index (χ4v) is 7.61. The molecule has 0 saturated heterocycles. The maximum Gasteiger partial charge on any atom is 0.346 e. The van der Waals surface area contributed by atoms with E-state index in [-0.39, 0.29) is 5.57 Å². The van der Waals surface area contributed by atoms with Crippen molar-refractivity contribution in [2.45, 2.75) is 0 Å². The van der Waals surface area contributed by atoms with Crippen LogP contribution in [0.2, 0.25) is 0 Å². The Morgan fingerprint density at radius 3 is 1.39 bits per heavy atom. The summed E-state index contributed by atoms with van der Waals surface area (Å²) in [5.74, 6) is -1.24. The maximum atomic E-state index is 11.4. The molecule has 0 atom stereocenters. The Balaban J connectivity index is 1.13. The lowest BCUT2D eigenvalue weighted by Crippen LogP contribution is -2.09. The molecule has 0 fully saturated rings. The third-order valence-corrected chi connectivity index (χ3v) is 10.9. The molecule has 57 heavy (non-hydrogen) atoms. The average Bonchev–Trinajstić information content (AvgIpc) is 3.74. The summed E-state index contributed by atoms with van der Waals surface area (Å²) in [6.45, 7) is 0. The lowest BCUT2D eigenvalue weighted by atomic mass is 9.95. The van der Waals surface area contributed by atoms with Crippen LogP contribution in [0.1, 0.15) is 22.3 Å². The first-order valence-corrected chi connectivity index (χ1v) is 19.4. The van der Waals surface area contributed by atoms with E-state index in [9.17, 15) is 15.2 Å². The number of carbonyl (C=O) groups is 1. The Kier molecular flexibility index (Phi) is 11.5. The van der Waals surface area contributed by atoms with Gasteiger partial charge >= 0.3 is 5.97 Å². The van der Waals surface area contributed by atoms with Crippen LogP contribution < -0.4 is 14.7 Å². The van der Waals surface area contributed by atoms with Gasteiger partial charge < -0.3 is 19.8 Å². The highest BCUT2D eigenvalue weighted by atomic mass is 32.1. The molecule has 0 aliphatic carbocycles. The molecule has 7 rings (SSSR count). The normalized spacial score (nSPS) is 11.0. The van der Waals surface area contributed by atoms with Gasteiger partial charge in [-0.3, -0.25) is 0 Å². The zero-order chi connectivity index (χ0) is 39.9. The Hall–Kier alpha value is -7.14. The van der Waals surface area contributed by atoms with Crippen molar-refractivity contribution >= 4 is 63.5 Å². The molecule has 0 bridgehead atoms. The van der Waals surface area contributed by atoms with E-state index in [1.54, 1.807) is 17.4 Å². The number of aliphatic carboxylic acids is 1. The van der Waals surface area contributed by atoms with E-state index >= 15 is 0 Å². The number of para-hydroxylation sites is 1. The summed E-state index contributed by atoms with van der Waals surface area (Å²) in [5.41, 5.74) is 12.5. The van der Waals surface area contributed by atoms with Gasteiger partial charge in [0, 0.05) is 66.4 Å². The lowest BCUT2D eigenvalue weighted by Gasteiger charge is -2.25. The zero-order valence-electron chi connectivity index (χ0n) is 32.3. The predicted molar refractivity (Wildman–Crippen MR) is 240 cm³/mol. The molecular weight excluding hydrogens is 721 g/mol. The van der Waals surface area contributed by atoms with E-state index in [0.29, 0.717) is 5.56 Å². The van der Waals surface area contributed by atoms with Gasteiger partial charge in [-0.1, -0.05) is 91.0 Å². The van der Waals surface area contributed by atoms with Crippen LogP contribution in [0.5, 0.6) is 0 Å². The summed E-state index contributed by atoms with van der Waals surface area (Å²) in [7, 11) is 8.24. The lowest BCUT2D eigenvalue weighted by molar-refractivity contribution is -0.132. The third kappa shape index (κ3) is 8.89. The van der Waals surface area contributed by atoms with Crippen molar-refractivity contribution in [2.75, 3.05) is 42.9 Å². The maximum absolute atomic E-state index is 11.4. The number of thiophene rings is 1. The molecule has 6 nitrogen and oxygen atoms in total. The van der Waals surface area contributed by atoms with Gasteiger partial charge in [-0.15, -0.1) is 11.3 Å². The van der Waals surface area contributed by atoms with E-state index in [4.69, 9.17) is 0 Å². The van der Waals surface area contributed by atoms with E-state index < -0.39 is 5.97 Å². The number of carboxylic acids is 1. The molecule has 0 aliphatic heterocycles. The highest BCUT2D eigenvalue weighted by Gasteiger charge is 2.14. The van der Waals surface area contributed by atoms with Crippen molar-refractivity contribution in [1.82, 2.24) is 0 Å². The molecule has 0 saturated carbocycles. The molecule has 0 aliphatic rings. The monoisotopic (exact) mass is 762 g/mol. The van der Waals surface area contributed by atoms with Crippen LogP contribution in [0.15, 0.2) is 169 Å². The molecule has 1 N–H and O–H groups in total. The van der Waals surface area contributed by atoms with Crippen LogP contribution in [0.3, 0.4) is 0 Å². The first-order valence-electron chi connectivity index (χ1n) is 18.5. The Morgan fingerprint density at radius 1 is 0.526 bits per heavy atom. The molecule has 1 heterocycles. The van der Waals surface area contributed by atoms with Gasteiger partial charge in [-0.25, -0.2) is 4.79 Å². The second kappa shape index (κ2) is 17.1. The van der Waals surface area contributed by atoms with Gasteiger partial charge in [-0.2, -0.15) is 5.26 Å². The summed E-state index contributed by atoms with van der Waals surface area (Å²) < 4.78 is 0. The molecule has 0 unspecified atom stereocenters. The van der Waals surface area contributed by atoms with E-state index in [1.807, 2.05) is 42.5 Å². The van der Waals surface area contributed by atoms with E-state index in [2.05, 4.69) is 170 Å². The summed E-state index contributed by atoms with van der Waals surface area (Å²) in [5, 5.41) is 18.5. The Bertz CT molecular complexity index is 2510. The second-order valence-electron chi connectivity index (χ2n) is 14.0. The summed E-state index contributed by atoms with van der Waals surface area (Å²) in [6, 6.07) is 58.5. The van der Waals surface area contributed by atoms with Crippen LogP contribution in [0.25, 0.3) is 38.6 Å². The van der Waals surface area contributed by atoms with E-state index in [0.717, 1.165) is 28.2 Å². The summed E-state index contributed by atoms with van der Waals surface area (Å²) in [6.07, 6.45) is 3.65. The number of carboxylic acid groups (broad SMARTS) is 1. The minimum absolute atomic E-state index is 0.307. The number of hydrogen-bond acceptors (Lipinski definition) is 6. The van der Waals surface area contributed by atoms with E-state index in [1.165, 1.54) is 49.5 Å². The van der Waals surface area contributed by atoms with Crippen LogP contribution >= 0.6 is 11.3 Å². The minimum atomic E-state index is -1.24. The topological polar surface area (TPSA) is 70.8 Å². The van der Waals surface area contributed by atoms with Crippen molar-refractivity contribution in [3.8, 4) is 27.0 Å². The first kappa shape index (κ1) is 38.1. The second-order valence-corrected chi connectivity index (χ2v) is 15.1. The van der Waals surface area contributed by atoms with Gasteiger partial charge in [0.15, 0.2) is 0 Å².